The molecule has 1 aliphatic heterocycles. The quantitative estimate of drug-likeness (QED) is 0.682. The van der Waals surface area contributed by atoms with Gasteiger partial charge in [-0.1, -0.05) is 26.0 Å². The minimum atomic E-state index is -0.626. The van der Waals surface area contributed by atoms with Crippen LogP contribution < -0.4 is 15.8 Å². The van der Waals surface area contributed by atoms with Crippen molar-refractivity contribution in [1.29, 1.82) is 0 Å². The van der Waals surface area contributed by atoms with E-state index in [0.717, 1.165) is 11.3 Å². The van der Waals surface area contributed by atoms with E-state index >= 15 is 0 Å². The highest BCUT2D eigenvalue weighted by Gasteiger charge is 2.25. The lowest BCUT2D eigenvalue weighted by atomic mass is 10.1. The number of benzene rings is 1. The number of hydrogen-bond donors (Lipinski definition) is 2. The third kappa shape index (κ3) is 5.95. The van der Waals surface area contributed by atoms with E-state index in [9.17, 15) is 14.4 Å². The zero-order valence-electron chi connectivity index (χ0n) is 16.8. The molecule has 1 aromatic carbocycles. The van der Waals surface area contributed by atoms with Gasteiger partial charge in [0.25, 0.3) is 0 Å². The summed E-state index contributed by atoms with van der Waals surface area (Å²) in [6, 6.07) is 6.81. The lowest BCUT2D eigenvalue weighted by molar-refractivity contribution is -0.139. The van der Waals surface area contributed by atoms with Gasteiger partial charge in [-0.05, 0) is 23.6 Å². The Kier molecular flexibility index (Phi) is 7.80. The summed E-state index contributed by atoms with van der Waals surface area (Å²) in [6.07, 6.45) is 0.300. The van der Waals surface area contributed by atoms with Crippen LogP contribution >= 0.6 is 0 Å². The molecule has 3 N–H and O–H groups in total. The van der Waals surface area contributed by atoms with Crippen LogP contribution in [0, 0.1) is 5.92 Å². The van der Waals surface area contributed by atoms with Gasteiger partial charge in [0.1, 0.15) is 5.75 Å². The van der Waals surface area contributed by atoms with Crippen molar-refractivity contribution in [3.63, 3.8) is 0 Å². The highest BCUT2D eigenvalue weighted by atomic mass is 16.5. The number of methoxy groups -OCH3 is 1. The Bertz CT molecular complexity index is 699. The van der Waals surface area contributed by atoms with Crippen LogP contribution in [0.15, 0.2) is 24.3 Å². The summed E-state index contributed by atoms with van der Waals surface area (Å²) in [5.74, 6) is 0.269. The Balaban J connectivity index is 1.77. The third-order valence-electron chi connectivity index (χ3n) is 4.91. The van der Waals surface area contributed by atoms with E-state index in [1.54, 1.807) is 16.9 Å². The van der Waals surface area contributed by atoms with Crippen molar-refractivity contribution in [2.45, 2.75) is 26.3 Å². The summed E-state index contributed by atoms with van der Waals surface area (Å²) in [6.45, 7) is 5.50. The van der Waals surface area contributed by atoms with Gasteiger partial charge >= 0.3 is 0 Å². The molecule has 8 heteroatoms. The molecule has 0 radical (unpaired) electrons. The molecule has 28 heavy (non-hydrogen) atoms. The summed E-state index contributed by atoms with van der Waals surface area (Å²) >= 11 is 0. The fourth-order valence-electron chi connectivity index (χ4n) is 2.97. The second-order valence-electron chi connectivity index (χ2n) is 7.28. The van der Waals surface area contributed by atoms with Gasteiger partial charge in [0.05, 0.1) is 26.1 Å². The number of carbonyl (C=O) groups excluding carboxylic acids is 3. The number of amides is 3. The molecule has 1 aliphatic rings. The average Bonchev–Trinajstić information content (AvgIpc) is 2.71. The average molecular weight is 390 g/mol. The number of nitrogens with zero attached hydrogens (tertiary/aromatic N) is 2. The van der Waals surface area contributed by atoms with E-state index in [0.29, 0.717) is 32.6 Å². The van der Waals surface area contributed by atoms with Crippen molar-refractivity contribution in [2.24, 2.45) is 11.7 Å². The van der Waals surface area contributed by atoms with E-state index in [1.165, 1.54) is 0 Å². The number of piperazine rings is 1. The van der Waals surface area contributed by atoms with Crippen molar-refractivity contribution >= 4 is 17.7 Å². The van der Waals surface area contributed by atoms with Gasteiger partial charge in [-0.25, -0.2) is 0 Å². The zero-order chi connectivity index (χ0) is 20.7. The fourth-order valence-corrected chi connectivity index (χ4v) is 2.97. The molecule has 3 amide bonds. The minimum absolute atomic E-state index is 0.00856. The van der Waals surface area contributed by atoms with Gasteiger partial charge in [0, 0.05) is 26.2 Å². The molecular weight excluding hydrogens is 360 g/mol. The molecule has 1 saturated heterocycles. The van der Waals surface area contributed by atoms with Crippen LogP contribution in [-0.4, -0.2) is 73.4 Å². The lowest BCUT2D eigenvalue weighted by Crippen LogP contribution is -2.54. The Hall–Kier alpha value is -2.61. The molecule has 0 aromatic heterocycles. The van der Waals surface area contributed by atoms with Gasteiger partial charge in [-0.15, -0.1) is 0 Å². The molecule has 8 nitrogen and oxygen atoms in total. The van der Waals surface area contributed by atoms with Crippen LogP contribution in [0.5, 0.6) is 5.75 Å². The maximum atomic E-state index is 12.5. The summed E-state index contributed by atoms with van der Waals surface area (Å²) in [7, 11) is 1.59. The highest BCUT2D eigenvalue weighted by Crippen LogP contribution is 2.14. The largest absolute Gasteiger partial charge is 0.497 e. The highest BCUT2D eigenvalue weighted by molar-refractivity contribution is 5.87. The van der Waals surface area contributed by atoms with E-state index in [1.807, 2.05) is 38.1 Å². The summed E-state index contributed by atoms with van der Waals surface area (Å²) in [4.78, 5) is 40.1. The molecule has 1 fully saturated rings. The number of nitrogens with one attached hydrogen (secondary N) is 1. The topological polar surface area (TPSA) is 105 Å². The number of ether oxygens (including phenoxy) is 1. The lowest BCUT2D eigenvalue weighted by Gasteiger charge is -2.35. The van der Waals surface area contributed by atoms with Crippen LogP contribution in [0.25, 0.3) is 0 Å². The number of hydrogen-bond acceptors (Lipinski definition) is 5. The van der Waals surface area contributed by atoms with Crippen LogP contribution in [0.2, 0.25) is 0 Å². The summed E-state index contributed by atoms with van der Waals surface area (Å²) in [5, 5.41) is 2.59. The summed E-state index contributed by atoms with van der Waals surface area (Å²) in [5.41, 5.74) is 6.66. The van der Waals surface area contributed by atoms with E-state index in [2.05, 4.69) is 5.32 Å². The predicted octanol–water partition coefficient (Wildman–Crippen LogP) is 0.00800. The zero-order valence-corrected chi connectivity index (χ0v) is 16.8. The Morgan fingerprint density at radius 3 is 2.29 bits per heavy atom. The predicted molar refractivity (Wildman–Crippen MR) is 106 cm³/mol. The number of nitrogens with two attached hydrogens (primary N) is 1. The monoisotopic (exact) mass is 390 g/mol. The normalized spacial score (nSPS) is 15.3. The smallest absolute Gasteiger partial charge is 0.242 e. The van der Waals surface area contributed by atoms with Gasteiger partial charge in [-0.3, -0.25) is 14.4 Å². The molecule has 0 bridgehead atoms. The molecule has 1 heterocycles. The Labute approximate surface area is 166 Å². The first-order valence-electron chi connectivity index (χ1n) is 9.53. The van der Waals surface area contributed by atoms with Crippen molar-refractivity contribution < 1.29 is 19.1 Å². The van der Waals surface area contributed by atoms with Crippen molar-refractivity contribution in [1.82, 2.24) is 15.1 Å². The molecule has 0 unspecified atom stereocenters. The van der Waals surface area contributed by atoms with Gasteiger partial charge in [-0.2, -0.15) is 0 Å². The molecule has 0 spiro atoms. The first-order valence-corrected chi connectivity index (χ1v) is 9.53. The molecule has 154 valence electrons. The molecule has 1 atom stereocenters. The van der Waals surface area contributed by atoms with Gasteiger partial charge in [0.2, 0.25) is 17.7 Å². The molecule has 2 rings (SSSR count). The molecular formula is C20H30N4O4. The van der Waals surface area contributed by atoms with Gasteiger partial charge < -0.3 is 25.6 Å². The molecule has 0 aliphatic carbocycles. The van der Waals surface area contributed by atoms with Crippen LogP contribution in [0.4, 0.5) is 0 Å². The van der Waals surface area contributed by atoms with Crippen molar-refractivity contribution in [3.8, 4) is 5.75 Å². The van der Waals surface area contributed by atoms with Crippen LogP contribution in [-0.2, 0) is 20.8 Å². The SMILES string of the molecule is COc1cccc(CC(=O)N2CCN(C(=O)CNC(=O)[C@@H](N)C(C)C)CC2)c1. The molecule has 1 aromatic rings. The number of carbonyl (C=O) groups is 3. The van der Waals surface area contributed by atoms with E-state index in [-0.39, 0.29) is 30.2 Å². The maximum absolute atomic E-state index is 12.5. The third-order valence-corrected chi connectivity index (χ3v) is 4.91. The molecule has 0 saturated carbocycles. The second kappa shape index (κ2) is 10.1. The first kappa shape index (κ1) is 21.7. The minimum Gasteiger partial charge on any atom is -0.497 e. The standard InChI is InChI=1S/C20H30N4O4/c1-14(2)19(21)20(27)22-13-18(26)24-9-7-23(8-10-24)17(25)12-15-5-4-6-16(11-15)28-3/h4-6,11,14,19H,7-10,12-13,21H2,1-3H3,(H,22,27)/t19-/m0/s1. The van der Waals surface area contributed by atoms with E-state index in [4.69, 9.17) is 10.5 Å². The van der Waals surface area contributed by atoms with Gasteiger partial charge in [0.15, 0.2) is 0 Å². The number of rotatable bonds is 7. The fraction of sp³-hybridized carbons (Fsp3) is 0.550. The van der Waals surface area contributed by atoms with Crippen LogP contribution in [0.1, 0.15) is 19.4 Å². The Morgan fingerprint density at radius 2 is 1.71 bits per heavy atom. The van der Waals surface area contributed by atoms with E-state index < -0.39 is 6.04 Å². The summed E-state index contributed by atoms with van der Waals surface area (Å²) < 4.78 is 5.18. The van der Waals surface area contributed by atoms with Crippen LogP contribution in [0.3, 0.4) is 0 Å². The Morgan fingerprint density at radius 1 is 1.11 bits per heavy atom. The van der Waals surface area contributed by atoms with Crippen molar-refractivity contribution in [3.05, 3.63) is 29.8 Å². The maximum Gasteiger partial charge on any atom is 0.242 e. The van der Waals surface area contributed by atoms with Crippen molar-refractivity contribution in [2.75, 3.05) is 39.8 Å². The second-order valence-corrected chi connectivity index (χ2v) is 7.28. The first-order chi connectivity index (χ1) is 13.3.